The zero-order valence-electron chi connectivity index (χ0n) is 35.0. The fraction of sp³-hybridized carbons (Fsp3) is 0.283. The Morgan fingerprint density at radius 3 is 2.08 bits per heavy atom. The second-order valence-electron chi connectivity index (χ2n) is 17.8. The van der Waals surface area contributed by atoms with Crippen molar-refractivity contribution in [1.29, 1.82) is 0 Å². The summed E-state index contributed by atoms with van der Waals surface area (Å²) in [6.45, 7) is 15.8. The number of nitrogens with zero attached hydrogens (tertiary/aromatic N) is 2. The van der Waals surface area contributed by atoms with E-state index < -0.39 is 8.07 Å². The molecule has 59 heavy (non-hydrogen) atoms. The number of benzene rings is 4. The Kier molecular flexibility index (Phi) is 12.8. The summed E-state index contributed by atoms with van der Waals surface area (Å²) in [6, 6.07) is 32.7. The van der Waals surface area contributed by atoms with Crippen molar-refractivity contribution < 1.29 is 38.0 Å². The van der Waals surface area contributed by atoms with Gasteiger partial charge in [-0.15, -0.1) is 23.3 Å². The summed E-state index contributed by atoms with van der Waals surface area (Å²) in [5, 5.41) is 3.52. The van der Waals surface area contributed by atoms with Crippen molar-refractivity contribution in [2.75, 3.05) is 0 Å². The Bertz CT molecular complexity index is 2580. The molecule has 0 amide bonds. The molecule has 0 aliphatic heterocycles. The molecule has 2 saturated carbocycles. The third-order valence-corrected chi connectivity index (χ3v) is 14.7. The summed E-state index contributed by atoms with van der Waals surface area (Å²) in [4.78, 5) is 0. The third-order valence-electron chi connectivity index (χ3n) is 12.6. The van der Waals surface area contributed by atoms with Crippen molar-refractivity contribution in [3.8, 4) is 33.6 Å². The Hall–Kier alpha value is -4.74. The van der Waals surface area contributed by atoms with Crippen LogP contribution in [0.15, 0.2) is 114 Å². The average molecular weight is 977 g/mol. The Morgan fingerprint density at radius 1 is 0.678 bits per heavy atom. The summed E-state index contributed by atoms with van der Waals surface area (Å²) in [6.07, 6.45) is 17.5. The molecule has 7 aromatic rings. The molecule has 0 saturated heterocycles. The normalized spacial score (nSPS) is 14.9. The van der Waals surface area contributed by atoms with Crippen LogP contribution in [0.1, 0.15) is 86.0 Å². The number of hydrogen-bond acceptors (Lipinski definition) is 1. The maximum Gasteiger partial charge on any atom is 0.133 e. The molecule has 6 heteroatoms. The smallest absolute Gasteiger partial charge is 0.133 e. The molecule has 0 N–H and O–H groups in total. The molecular formula is C53H57FIrN2OSi-2. The molecule has 307 valence electrons. The van der Waals surface area contributed by atoms with E-state index in [9.17, 15) is 4.39 Å². The molecule has 2 aliphatic rings. The molecule has 0 unspecified atom stereocenters. The second-order valence-corrected chi connectivity index (χ2v) is 22.9. The van der Waals surface area contributed by atoms with Gasteiger partial charge in [0.1, 0.15) is 11.4 Å². The molecule has 9 rings (SSSR count). The summed E-state index contributed by atoms with van der Waals surface area (Å²) in [7, 11) is 7.17. The topological polar surface area (TPSA) is 20.9 Å². The Balaban J connectivity index is 0.000000187. The van der Waals surface area contributed by atoms with Crippen LogP contribution in [0.5, 0.6) is 0 Å². The number of hydrogen-bond donors (Lipinski definition) is 0. The Labute approximate surface area is 366 Å². The molecule has 0 bridgehead atoms. The standard InChI is InChI=1S/C31H27FNO.C22H30NSi.Ir/c1-20-7-13-26-27-19-24(23-8-11-25(32)12-9-23)10-14-29(27)34-31(26)30(20)28-18-22(15-16-33(28)2)17-21-5-3-4-6-21;1-17-15-19(18-9-7-6-8-10-18)11-13-21(17)22-14-12-20(16-23(22)2)24(3,4)5;/h7-16,18-19,21H,1-6,17H2;11-16,18H,1-2,6-10H2,3-5H3;/q2*-1;. The van der Waals surface area contributed by atoms with E-state index in [1.165, 1.54) is 91.8 Å². The van der Waals surface area contributed by atoms with Crippen LogP contribution in [-0.2, 0) is 26.5 Å². The van der Waals surface area contributed by atoms with Gasteiger partial charge in [-0.1, -0.05) is 129 Å². The van der Waals surface area contributed by atoms with Crippen molar-refractivity contribution in [2.45, 2.75) is 89.8 Å². The van der Waals surface area contributed by atoms with Crippen LogP contribution in [0.4, 0.5) is 4.39 Å². The average Bonchev–Trinajstić information content (AvgIpc) is 3.87. The van der Waals surface area contributed by atoms with Gasteiger partial charge in [0.25, 0.3) is 0 Å². The van der Waals surface area contributed by atoms with Gasteiger partial charge in [0.2, 0.25) is 0 Å². The molecule has 2 fully saturated rings. The van der Waals surface area contributed by atoms with E-state index in [0.29, 0.717) is 0 Å². The molecular weight excluding hydrogens is 920 g/mol. The zero-order valence-corrected chi connectivity index (χ0v) is 38.4. The van der Waals surface area contributed by atoms with Crippen LogP contribution in [0.2, 0.25) is 19.6 Å². The van der Waals surface area contributed by atoms with Crippen LogP contribution in [0, 0.1) is 39.7 Å². The van der Waals surface area contributed by atoms with Gasteiger partial charge in [-0.2, -0.15) is 37.1 Å². The third kappa shape index (κ3) is 9.21. The van der Waals surface area contributed by atoms with Crippen molar-refractivity contribution >= 4 is 35.2 Å². The van der Waals surface area contributed by atoms with Crippen LogP contribution < -0.4 is 14.3 Å². The first kappa shape index (κ1) is 42.4. The van der Waals surface area contributed by atoms with Crippen LogP contribution >= 0.6 is 0 Å². The molecule has 1 radical (unpaired) electrons. The van der Waals surface area contributed by atoms with Crippen molar-refractivity contribution in [2.24, 2.45) is 5.92 Å². The molecule has 3 aromatic heterocycles. The summed E-state index contributed by atoms with van der Waals surface area (Å²) in [5.41, 5.74) is 12.9. The fourth-order valence-corrected chi connectivity index (χ4v) is 10.4. The first-order chi connectivity index (χ1) is 27.9. The van der Waals surface area contributed by atoms with Crippen molar-refractivity contribution in [3.05, 3.63) is 165 Å². The first-order valence-electron chi connectivity index (χ1n) is 21.2. The van der Waals surface area contributed by atoms with E-state index in [1.54, 1.807) is 12.1 Å². The molecule has 4 aromatic carbocycles. The monoisotopic (exact) mass is 977 g/mol. The molecule has 3 heterocycles. The van der Waals surface area contributed by atoms with Crippen molar-refractivity contribution in [1.82, 2.24) is 0 Å². The molecule has 2 aliphatic carbocycles. The zero-order chi connectivity index (χ0) is 40.6. The van der Waals surface area contributed by atoms with E-state index in [-0.39, 0.29) is 25.9 Å². The van der Waals surface area contributed by atoms with Gasteiger partial charge in [-0.25, -0.2) is 4.39 Å². The van der Waals surface area contributed by atoms with Crippen LogP contribution in [0.25, 0.3) is 55.6 Å². The number of rotatable bonds is 7. The largest absolute Gasteiger partial charge is 0.469 e. The first-order valence-corrected chi connectivity index (χ1v) is 24.7. The van der Waals surface area contributed by atoms with Gasteiger partial charge in [-0.05, 0) is 66.5 Å². The van der Waals surface area contributed by atoms with E-state index in [0.717, 1.165) is 79.4 Å². The fourth-order valence-electron chi connectivity index (χ4n) is 9.23. The summed E-state index contributed by atoms with van der Waals surface area (Å²) in [5.74, 6) is 1.27. The number of halogens is 1. The van der Waals surface area contributed by atoms with Crippen molar-refractivity contribution in [3.63, 3.8) is 0 Å². The molecule has 0 spiro atoms. The van der Waals surface area contributed by atoms with Crippen LogP contribution in [-0.4, -0.2) is 8.07 Å². The Morgan fingerprint density at radius 2 is 1.39 bits per heavy atom. The maximum absolute atomic E-state index is 13.4. The SMILES string of the molecule is [CH2-]c1cc(C2CCCCC2)ccc1-c1ccc([Si](C)(C)C)c[n+]1[CH2-].[CH2-]c1ccc2c(oc3ccc(-c4ccc(F)cc4)cc32)c1-c1cc(CC2CCCC2)cc[n+]1[CH2-].[Ir]. The van der Waals surface area contributed by atoms with Gasteiger partial charge in [-0.3, -0.25) is 0 Å². The number of aromatic nitrogens is 2. The minimum atomic E-state index is -1.31. The van der Waals surface area contributed by atoms with E-state index in [1.807, 2.05) is 27.5 Å². The second kappa shape index (κ2) is 17.9. The number of pyridine rings is 2. The van der Waals surface area contributed by atoms with E-state index in [4.69, 9.17) is 4.42 Å². The van der Waals surface area contributed by atoms with Gasteiger partial charge in [0.05, 0.1) is 37.4 Å². The van der Waals surface area contributed by atoms with Gasteiger partial charge in [0.15, 0.2) is 0 Å². The van der Waals surface area contributed by atoms with E-state index >= 15 is 0 Å². The minimum absolute atomic E-state index is 0. The van der Waals surface area contributed by atoms with Gasteiger partial charge in [0, 0.05) is 45.0 Å². The van der Waals surface area contributed by atoms with E-state index in [2.05, 4.69) is 114 Å². The number of furan rings is 1. The van der Waals surface area contributed by atoms with Gasteiger partial charge < -0.3 is 13.6 Å². The van der Waals surface area contributed by atoms with Gasteiger partial charge >= 0.3 is 0 Å². The predicted molar refractivity (Wildman–Crippen MR) is 242 cm³/mol. The summed E-state index contributed by atoms with van der Waals surface area (Å²) < 4.78 is 23.8. The quantitative estimate of drug-likeness (QED) is 0.0886. The molecule has 3 nitrogen and oxygen atoms in total. The summed E-state index contributed by atoms with van der Waals surface area (Å²) >= 11 is 0. The van der Waals surface area contributed by atoms with Crippen LogP contribution in [0.3, 0.4) is 0 Å². The predicted octanol–water partition coefficient (Wildman–Crippen LogP) is 13.0. The molecule has 0 atom stereocenters. The number of fused-ring (bicyclic) bond motifs is 3. The minimum Gasteiger partial charge on any atom is -0.469 e. The maximum atomic E-state index is 13.4.